The van der Waals surface area contributed by atoms with Gasteiger partial charge >= 0.3 is 0 Å². The first kappa shape index (κ1) is 16.3. The van der Waals surface area contributed by atoms with E-state index in [9.17, 15) is 0 Å². The van der Waals surface area contributed by atoms with Gasteiger partial charge in [-0.15, -0.1) is 0 Å². The quantitative estimate of drug-likeness (QED) is 0.845. The summed E-state index contributed by atoms with van der Waals surface area (Å²) in [6, 6.07) is 0. The van der Waals surface area contributed by atoms with Gasteiger partial charge in [0, 0.05) is 12.1 Å². The van der Waals surface area contributed by atoms with E-state index in [0.717, 1.165) is 18.4 Å². The second kappa shape index (κ2) is 6.36. The topological polar surface area (TPSA) is 29.3 Å². The lowest BCUT2D eigenvalue weighted by Crippen LogP contribution is -2.56. The van der Waals surface area contributed by atoms with E-state index in [0.29, 0.717) is 11.0 Å². The normalized spacial score (nSPS) is 31.2. The molecule has 2 nitrogen and oxygen atoms in total. The third-order valence-corrected chi connectivity index (χ3v) is 6.30. The molecule has 0 aromatic heterocycles. The summed E-state index contributed by atoms with van der Waals surface area (Å²) in [5.74, 6) is 1.77. The zero-order valence-electron chi connectivity index (χ0n) is 14.3. The predicted octanol–water partition coefficient (Wildman–Crippen LogP) is 4.04. The van der Waals surface area contributed by atoms with Crippen molar-refractivity contribution in [1.82, 2.24) is 4.90 Å². The van der Waals surface area contributed by atoms with Crippen molar-refractivity contribution in [3.63, 3.8) is 0 Å². The Morgan fingerprint density at radius 3 is 2.25 bits per heavy atom. The van der Waals surface area contributed by atoms with E-state index in [2.05, 4.69) is 32.6 Å². The highest BCUT2D eigenvalue weighted by Crippen LogP contribution is 2.43. The molecule has 1 saturated carbocycles. The summed E-state index contributed by atoms with van der Waals surface area (Å²) < 4.78 is 0. The molecule has 0 bridgehead atoms. The van der Waals surface area contributed by atoms with Gasteiger partial charge < -0.3 is 5.73 Å². The van der Waals surface area contributed by atoms with E-state index in [-0.39, 0.29) is 0 Å². The maximum atomic E-state index is 6.26. The van der Waals surface area contributed by atoms with Crippen molar-refractivity contribution in [3.05, 3.63) is 0 Å². The van der Waals surface area contributed by atoms with Crippen LogP contribution < -0.4 is 5.73 Å². The second-order valence-electron chi connectivity index (χ2n) is 8.51. The fourth-order valence-corrected chi connectivity index (χ4v) is 4.30. The number of likely N-dealkylation sites (tertiary alicyclic amines) is 1. The summed E-state index contributed by atoms with van der Waals surface area (Å²) in [7, 11) is 0. The van der Waals surface area contributed by atoms with Crippen molar-refractivity contribution in [1.29, 1.82) is 0 Å². The molecule has 20 heavy (non-hydrogen) atoms. The van der Waals surface area contributed by atoms with Crippen molar-refractivity contribution in [3.8, 4) is 0 Å². The lowest BCUT2D eigenvalue weighted by molar-refractivity contribution is 0.0241. The van der Waals surface area contributed by atoms with Gasteiger partial charge in [0.05, 0.1) is 0 Å². The molecule has 2 rings (SSSR count). The first-order valence-corrected chi connectivity index (χ1v) is 8.84. The minimum Gasteiger partial charge on any atom is -0.329 e. The van der Waals surface area contributed by atoms with Crippen LogP contribution in [0, 0.1) is 17.3 Å². The third-order valence-electron chi connectivity index (χ3n) is 6.30. The fraction of sp³-hybridized carbons (Fsp3) is 1.00. The van der Waals surface area contributed by atoms with Gasteiger partial charge in [-0.2, -0.15) is 0 Å². The van der Waals surface area contributed by atoms with Crippen LogP contribution in [0.25, 0.3) is 0 Å². The van der Waals surface area contributed by atoms with E-state index < -0.39 is 0 Å². The van der Waals surface area contributed by atoms with E-state index in [1.165, 1.54) is 58.0 Å². The first-order valence-electron chi connectivity index (χ1n) is 8.84. The minimum atomic E-state index is 0.321. The van der Waals surface area contributed by atoms with Gasteiger partial charge in [-0.05, 0) is 75.3 Å². The van der Waals surface area contributed by atoms with Crippen LogP contribution in [0.5, 0.6) is 0 Å². The van der Waals surface area contributed by atoms with E-state index in [4.69, 9.17) is 5.73 Å². The molecule has 1 atom stereocenters. The maximum Gasteiger partial charge on any atom is 0.0332 e. The van der Waals surface area contributed by atoms with Gasteiger partial charge in [0.25, 0.3) is 0 Å². The highest BCUT2D eigenvalue weighted by molar-refractivity contribution is 4.98. The monoisotopic (exact) mass is 280 g/mol. The average molecular weight is 280 g/mol. The van der Waals surface area contributed by atoms with Crippen LogP contribution in [0.1, 0.15) is 72.6 Å². The Hall–Kier alpha value is -0.0800. The molecule has 1 aliphatic heterocycles. The van der Waals surface area contributed by atoms with Gasteiger partial charge in [-0.1, -0.05) is 27.7 Å². The Labute approximate surface area is 126 Å². The molecule has 0 aromatic rings. The molecule has 1 heterocycles. The van der Waals surface area contributed by atoms with E-state index >= 15 is 0 Å². The molecular formula is C18H36N2. The molecule has 2 heteroatoms. The standard InChI is InChI=1S/C18H36N2/c1-15(2)16-6-5-12-20(13-7-16)18(14-19)10-8-17(3,4)9-11-18/h15-16H,5-14,19H2,1-4H3. The molecule has 2 aliphatic rings. The summed E-state index contributed by atoms with van der Waals surface area (Å²) >= 11 is 0. The van der Waals surface area contributed by atoms with Gasteiger partial charge in [0.2, 0.25) is 0 Å². The number of nitrogens with two attached hydrogens (primary N) is 1. The smallest absolute Gasteiger partial charge is 0.0332 e. The molecule has 1 unspecified atom stereocenters. The summed E-state index contributed by atoms with van der Waals surface area (Å²) in [5.41, 5.74) is 7.12. The summed E-state index contributed by atoms with van der Waals surface area (Å²) in [6.07, 6.45) is 9.46. The van der Waals surface area contributed by atoms with Crippen LogP contribution >= 0.6 is 0 Å². The number of hydrogen-bond acceptors (Lipinski definition) is 2. The molecule has 2 fully saturated rings. The van der Waals surface area contributed by atoms with Crippen LogP contribution in [0.3, 0.4) is 0 Å². The number of rotatable bonds is 3. The van der Waals surface area contributed by atoms with Gasteiger partial charge in [-0.3, -0.25) is 4.90 Å². The van der Waals surface area contributed by atoms with Crippen molar-refractivity contribution in [2.24, 2.45) is 23.0 Å². The van der Waals surface area contributed by atoms with Gasteiger partial charge in [-0.25, -0.2) is 0 Å². The lowest BCUT2D eigenvalue weighted by atomic mass is 9.68. The molecule has 0 aromatic carbocycles. The molecule has 0 amide bonds. The Morgan fingerprint density at radius 2 is 1.70 bits per heavy atom. The molecule has 1 saturated heterocycles. The predicted molar refractivity (Wildman–Crippen MR) is 87.8 cm³/mol. The van der Waals surface area contributed by atoms with Gasteiger partial charge in [0.15, 0.2) is 0 Å². The Kier molecular flexibility index (Phi) is 5.18. The van der Waals surface area contributed by atoms with Gasteiger partial charge in [0.1, 0.15) is 0 Å². The van der Waals surface area contributed by atoms with Crippen molar-refractivity contribution < 1.29 is 0 Å². The summed E-state index contributed by atoms with van der Waals surface area (Å²) in [4.78, 5) is 2.78. The van der Waals surface area contributed by atoms with E-state index in [1.54, 1.807) is 0 Å². The summed E-state index contributed by atoms with van der Waals surface area (Å²) in [6.45, 7) is 13.0. The van der Waals surface area contributed by atoms with Crippen LogP contribution in [-0.4, -0.2) is 30.1 Å². The Morgan fingerprint density at radius 1 is 1.05 bits per heavy atom. The number of hydrogen-bond donors (Lipinski definition) is 1. The second-order valence-corrected chi connectivity index (χ2v) is 8.51. The zero-order chi connectivity index (χ0) is 14.8. The SMILES string of the molecule is CC(C)C1CCCN(C2(CN)CCC(C)(C)CC2)CC1. The molecule has 0 spiro atoms. The maximum absolute atomic E-state index is 6.26. The largest absolute Gasteiger partial charge is 0.329 e. The molecule has 1 aliphatic carbocycles. The Bertz CT molecular complexity index is 299. The zero-order valence-corrected chi connectivity index (χ0v) is 14.3. The van der Waals surface area contributed by atoms with Crippen molar-refractivity contribution in [2.75, 3.05) is 19.6 Å². The van der Waals surface area contributed by atoms with Crippen LogP contribution in [0.15, 0.2) is 0 Å². The molecule has 118 valence electrons. The average Bonchev–Trinajstić information content (AvgIpc) is 2.66. The molecule has 0 radical (unpaired) electrons. The molecule has 2 N–H and O–H groups in total. The van der Waals surface area contributed by atoms with Crippen LogP contribution in [0.2, 0.25) is 0 Å². The lowest BCUT2D eigenvalue weighted by Gasteiger charge is -2.49. The van der Waals surface area contributed by atoms with Crippen molar-refractivity contribution >= 4 is 0 Å². The first-order chi connectivity index (χ1) is 9.38. The fourth-order valence-electron chi connectivity index (χ4n) is 4.30. The minimum absolute atomic E-state index is 0.321. The van der Waals surface area contributed by atoms with Crippen LogP contribution in [0.4, 0.5) is 0 Å². The van der Waals surface area contributed by atoms with Crippen LogP contribution in [-0.2, 0) is 0 Å². The third kappa shape index (κ3) is 3.57. The van der Waals surface area contributed by atoms with Crippen molar-refractivity contribution in [2.45, 2.75) is 78.2 Å². The highest BCUT2D eigenvalue weighted by Gasteiger charge is 2.41. The highest BCUT2D eigenvalue weighted by atomic mass is 15.2. The Balaban J connectivity index is 2.01. The molecular weight excluding hydrogens is 244 g/mol. The summed E-state index contributed by atoms with van der Waals surface area (Å²) in [5, 5.41) is 0. The van der Waals surface area contributed by atoms with E-state index in [1.807, 2.05) is 0 Å². The number of nitrogens with zero attached hydrogens (tertiary/aromatic N) is 1.